The van der Waals surface area contributed by atoms with E-state index in [-0.39, 0.29) is 17.0 Å². The van der Waals surface area contributed by atoms with Gasteiger partial charge in [-0.15, -0.1) is 0 Å². The first kappa shape index (κ1) is 16.1. The summed E-state index contributed by atoms with van der Waals surface area (Å²) in [5, 5.41) is 30.1. The summed E-state index contributed by atoms with van der Waals surface area (Å²) in [6, 6.07) is 19.2. The van der Waals surface area contributed by atoms with E-state index in [4.69, 9.17) is 10.3 Å². The fourth-order valence-electron chi connectivity index (χ4n) is 2.84. The first-order valence-corrected chi connectivity index (χ1v) is 8.02. The number of hydrogen-bond acceptors (Lipinski definition) is 6. The molecule has 0 aliphatic heterocycles. The van der Waals surface area contributed by atoms with Crippen LogP contribution in [-0.2, 0) is 0 Å². The van der Waals surface area contributed by atoms with Gasteiger partial charge in [-0.3, -0.25) is 5.10 Å². The Morgan fingerprint density at radius 1 is 1.15 bits per heavy atom. The summed E-state index contributed by atoms with van der Waals surface area (Å²) in [5.74, 6) is 0.720. The van der Waals surface area contributed by atoms with Gasteiger partial charge in [-0.1, -0.05) is 41.6 Å². The Hall–Kier alpha value is -4.36. The van der Waals surface area contributed by atoms with Gasteiger partial charge in [0.05, 0.1) is 16.7 Å². The summed E-state index contributed by atoms with van der Waals surface area (Å²) in [6.45, 7) is 0. The zero-order chi connectivity index (χ0) is 18.8. The lowest BCUT2D eigenvalue weighted by atomic mass is 10.0. The molecule has 0 saturated heterocycles. The van der Waals surface area contributed by atoms with Crippen LogP contribution < -0.4 is 5.73 Å². The molecular formula is C20H12N6O. The highest BCUT2D eigenvalue weighted by Crippen LogP contribution is 2.30. The van der Waals surface area contributed by atoms with Crippen molar-refractivity contribution in [1.82, 2.24) is 15.4 Å². The van der Waals surface area contributed by atoms with Crippen molar-refractivity contribution in [2.75, 3.05) is 5.73 Å². The van der Waals surface area contributed by atoms with E-state index in [0.29, 0.717) is 17.0 Å². The molecule has 2 heterocycles. The molecule has 2 aromatic heterocycles. The summed E-state index contributed by atoms with van der Waals surface area (Å²) in [5.41, 5.74) is 8.75. The summed E-state index contributed by atoms with van der Waals surface area (Å²) in [6.07, 6.45) is 1.66. The van der Waals surface area contributed by atoms with Crippen LogP contribution in [0.5, 0.6) is 0 Å². The van der Waals surface area contributed by atoms with E-state index in [1.165, 1.54) is 0 Å². The standard InChI is InChI=1S/C20H12N6O/c21-10-14(18-16(11-22)20(23)25-24-18)8-12-6-7-17-15(9-12)19(27-26-17)13-4-2-1-3-5-13/h1-9H,(H3,23,24,25). The number of nitrogens with two attached hydrogens (primary N) is 1. The van der Waals surface area contributed by atoms with Crippen LogP contribution in [0.1, 0.15) is 16.8 Å². The second kappa shape index (κ2) is 6.51. The SMILES string of the molecule is N#CC(=Cc1ccc2noc(-c3ccccc3)c2c1)c1[nH]nc(N)c1C#N. The Balaban J connectivity index is 1.83. The van der Waals surface area contributed by atoms with Crippen molar-refractivity contribution in [2.24, 2.45) is 0 Å². The second-order valence-corrected chi connectivity index (χ2v) is 5.79. The van der Waals surface area contributed by atoms with Crippen molar-refractivity contribution in [2.45, 2.75) is 0 Å². The summed E-state index contributed by atoms with van der Waals surface area (Å²) < 4.78 is 5.50. The molecule has 2 aromatic carbocycles. The van der Waals surface area contributed by atoms with Crippen LogP contribution in [0.3, 0.4) is 0 Å². The lowest BCUT2D eigenvalue weighted by Crippen LogP contribution is -1.90. The zero-order valence-electron chi connectivity index (χ0n) is 14.0. The van der Waals surface area contributed by atoms with Gasteiger partial charge in [0.2, 0.25) is 0 Å². The zero-order valence-corrected chi connectivity index (χ0v) is 14.0. The molecule has 7 heteroatoms. The van der Waals surface area contributed by atoms with Gasteiger partial charge in [0.1, 0.15) is 23.2 Å². The maximum atomic E-state index is 9.53. The van der Waals surface area contributed by atoms with E-state index in [9.17, 15) is 10.5 Å². The highest BCUT2D eigenvalue weighted by molar-refractivity contribution is 5.96. The van der Waals surface area contributed by atoms with Crippen LogP contribution in [-0.4, -0.2) is 15.4 Å². The summed E-state index contributed by atoms with van der Waals surface area (Å²) in [7, 11) is 0. The lowest BCUT2D eigenvalue weighted by Gasteiger charge is -1.99. The monoisotopic (exact) mass is 352 g/mol. The first-order valence-electron chi connectivity index (χ1n) is 8.02. The molecule has 4 aromatic rings. The molecule has 0 atom stereocenters. The number of anilines is 1. The van der Waals surface area contributed by atoms with Gasteiger partial charge >= 0.3 is 0 Å². The minimum atomic E-state index is 0.0644. The van der Waals surface area contributed by atoms with Gasteiger partial charge in [-0.2, -0.15) is 15.6 Å². The van der Waals surface area contributed by atoms with Gasteiger partial charge in [0.15, 0.2) is 11.6 Å². The third-order valence-electron chi connectivity index (χ3n) is 4.14. The van der Waals surface area contributed by atoms with Crippen LogP contribution in [0, 0.1) is 22.7 Å². The van der Waals surface area contributed by atoms with Crippen LogP contribution in [0.15, 0.2) is 53.1 Å². The molecule has 0 saturated carbocycles. The largest absolute Gasteiger partial charge is 0.381 e. The third-order valence-corrected chi connectivity index (χ3v) is 4.14. The number of nitrogens with zero attached hydrogens (tertiary/aromatic N) is 4. The smallest absolute Gasteiger partial charge is 0.174 e. The van der Waals surface area contributed by atoms with Crippen molar-refractivity contribution >= 4 is 28.4 Å². The van der Waals surface area contributed by atoms with Crippen LogP contribution in [0.4, 0.5) is 5.82 Å². The molecule has 4 rings (SSSR count). The molecule has 0 aliphatic rings. The number of hydrogen-bond donors (Lipinski definition) is 2. The normalized spacial score (nSPS) is 11.3. The van der Waals surface area contributed by atoms with Crippen LogP contribution >= 0.6 is 0 Å². The topological polar surface area (TPSA) is 128 Å². The van der Waals surface area contributed by atoms with Gasteiger partial charge < -0.3 is 10.3 Å². The Morgan fingerprint density at radius 3 is 2.70 bits per heavy atom. The average Bonchev–Trinajstić information content (AvgIpc) is 3.29. The van der Waals surface area contributed by atoms with Gasteiger partial charge in [0.25, 0.3) is 0 Å². The molecule has 7 nitrogen and oxygen atoms in total. The predicted octanol–water partition coefficient (Wildman–Crippen LogP) is 3.74. The van der Waals surface area contributed by atoms with E-state index in [1.54, 1.807) is 6.08 Å². The highest BCUT2D eigenvalue weighted by Gasteiger charge is 2.15. The predicted molar refractivity (Wildman–Crippen MR) is 101 cm³/mol. The summed E-state index contributed by atoms with van der Waals surface area (Å²) >= 11 is 0. The summed E-state index contributed by atoms with van der Waals surface area (Å²) in [4.78, 5) is 0. The van der Waals surface area contributed by atoms with Crippen molar-refractivity contribution in [1.29, 1.82) is 10.5 Å². The van der Waals surface area contributed by atoms with Crippen LogP contribution in [0.2, 0.25) is 0 Å². The Kier molecular flexibility index (Phi) is 3.89. The van der Waals surface area contributed by atoms with Crippen molar-refractivity contribution in [3.8, 4) is 23.5 Å². The van der Waals surface area contributed by atoms with Gasteiger partial charge in [-0.25, -0.2) is 0 Å². The molecule has 0 unspecified atom stereocenters. The van der Waals surface area contributed by atoms with Crippen LogP contribution in [0.25, 0.3) is 33.9 Å². The molecule has 0 radical (unpaired) electrons. The number of nitrogens with one attached hydrogen (secondary N) is 1. The Bertz CT molecular complexity index is 1250. The lowest BCUT2D eigenvalue weighted by molar-refractivity contribution is 0.441. The molecule has 0 spiro atoms. The van der Waals surface area contributed by atoms with E-state index in [0.717, 1.165) is 16.5 Å². The minimum Gasteiger partial charge on any atom is -0.381 e. The molecule has 128 valence electrons. The van der Waals surface area contributed by atoms with E-state index >= 15 is 0 Å². The van der Waals surface area contributed by atoms with Crippen molar-refractivity contribution < 1.29 is 4.52 Å². The quantitative estimate of drug-likeness (QED) is 0.540. The molecule has 0 bridgehead atoms. The fraction of sp³-hybridized carbons (Fsp3) is 0. The average molecular weight is 352 g/mol. The highest BCUT2D eigenvalue weighted by atomic mass is 16.5. The number of rotatable bonds is 3. The maximum absolute atomic E-state index is 9.53. The number of aromatic nitrogens is 3. The fourth-order valence-corrected chi connectivity index (χ4v) is 2.84. The third kappa shape index (κ3) is 2.80. The number of H-pyrrole nitrogens is 1. The second-order valence-electron chi connectivity index (χ2n) is 5.79. The molecule has 3 N–H and O–H groups in total. The van der Waals surface area contributed by atoms with E-state index in [1.807, 2.05) is 54.6 Å². The molecule has 0 fully saturated rings. The number of fused-ring (bicyclic) bond motifs is 1. The number of benzene rings is 2. The molecule has 0 amide bonds. The molecule has 0 aliphatic carbocycles. The number of nitrogen functional groups attached to an aromatic ring is 1. The first-order chi connectivity index (χ1) is 13.2. The van der Waals surface area contributed by atoms with Gasteiger partial charge in [-0.05, 0) is 23.8 Å². The number of allylic oxidation sites excluding steroid dienone is 1. The Morgan fingerprint density at radius 2 is 1.96 bits per heavy atom. The molecule has 27 heavy (non-hydrogen) atoms. The maximum Gasteiger partial charge on any atom is 0.174 e. The minimum absolute atomic E-state index is 0.0644. The Labute approximate surface area is 153 Å². The van der Waals surface area contributed by atoms with Crippen molar-refractivity contribution in [3.63, 3.8) is 0 Å². The van der Waals surface area contributed by atoms with Gasteiger partial charge in [0, 0.05) is 5.56 Å². The van der Waals surface area contributed by atoms with E-state index < -0.39 is 0 Å². The number of nitriles is 2. The van der Waals surface area contributed by atoms with Crippen molar-refractivity contribution in [3.05, 3.63) is 65.4 Å². The molecular weight excluding hydrogens is 340 g/mol. The van der Waals surface area contributed by atoms with E-state index in [2.05, 4.69) is 21.4 Å². The number of aromatic amines is 1.